The second-order valence-electron chi connectivity index (χ2n) is 22.5. The van der Waals surface area contributed by atoms with E-state index in [0.717, 1.165) is 16.7 Å². The van der Waals surface area contributed by atoms with E-state index in [1.165, 1.54) is 18.7 Å². The second-order valence-corrected chi connectivity index (χ2v) is 22.5. The first-order valence-corrected chi connectivity index (χ1v) is 26.6. The van der Waals surface area contributed by atoms with Crippen molar-refractivity contribution in [3.63, 3.8) is 0 Å². The Morgan fingerprint density at radius 3 is 2.24 bits per heavy atom. The average Bonchev–Trinajstić information content (AvgIpc) is 4.03. The number of hydrogen-bond acceptors (Lipinski definition) is 18. The van der Waals surface area contributed by atoms with Crippen molar-refractivity contribution in [2.75, 3.05) is 48.1 Å². The molecule has 0 bridgehead atoms. The molecule has 3 aliphatic rings. The molecule has 0 aliphatic carbocycles. The van der Waals surface area contributed by atoms with Crippen LogP contribution >= 0.6 is 0 Å². The van der Waals surface area contributed by atoms with E-state index < -0.39 is 121 Å². The van der Waals surface area contributed by atoms with E-state index in [1.807, 2.05) is 75.3 Å². The zero-order chi connectivity index (χ0) is 55.3. The maximum Gasteiger partial charge on any atom is 0.311 e. The number of aryl methyl sites for hydroxylation is 1. The van der Waals surface area contributed by atoms with E-state index in [-0.39, 0.29) is 31.6 Å². The lowest BCUT2D eigenvalue weighted by Gasteiger charge is -2.47. The summed E-state index contributed by atoms with van der Waals surface area (Å²) in [6.45, 7) is 15.7. The summed E-state index contributed by atoms with van der Waals surface area (Å²) in [6, 6.07) is 5.87. The predicted molar refractivity (Wildman–Crippen MR) is 276 cm³/mol. The fourth-order valence-corrected chi connectivity index (χ4v) is 11.4. The van der Waals surface area contributed by atoms with Gasteiger partial charge in [0, 0.05) is 83.7 Å². The van der Waals surface area contributed by atoms with Crippen molar-refractivity contribution in [3.8, 4) is 11.1 Å². The van der Waals surface area contributed by atoms with E-state index in [9.17, 15) is 34.7 Å². The number of rotatable bonds is 16. The van der Waals surface area contributed by atoms with Crippen LogP contribution in [0.2, 0.25) is 0 Å². The Hall–Kier alpha value is -3.55. The minimum absolute atomic E-state index is 0.0909. The van der Waals surface area contributed by atoms with Crippen molar-refractivity contribution in [3.05, 3.63) is 54.1 Å². The molecule has 6 rings (SSSR count). The number of halogens is 1. The maximum absolute atomic E-state index is 14.9. The summed E-state index contributed by atoms with van der Waals surface area (Å²) in [5, 5.41) is 72.5. The van der Waals surface area contributed by atoms with Gasteiger partial charge in [0.2, 0.25) is 0 Å². The topological polar surface area (TPSA) is 238 Å². The number of cyclic esters (lactones) is 1. The Kier molecular flexibility index (Phi) is 20.6. The first-order valence-electron chi connectivity index (χ1n) is 26.6. The lowest BCUT2D eigenvalue weighted by Crippen LogP contribution is -2.59. The van der Waals surface area contributed by atoms with Gasteiger partial charge in [0.25, 0.3) is 0 Å². The molecule has 19 atom stereocenters. The average molecular weight is 1060 g/mol. The van der Waals surface area contributed by atoms with Crippen molar-refractivity contribution in [1.82, 2.24) is 34.6 Å². The number of aliphatic hydroxyl groups is 5. The molecule has 75 heavy (non-hydrogen) atoms. The summed E-state index contributed by atoms with van der Waals surface area (Å²) >= 11 is 0. The predicted octanol–water partition coefficient (Wildman–Crippen LogP) is 4.16. The molecule has 3 aliphatic heterocycles. The van der Waals surface area contributed by atoms with Crippen molar-refractivity contribution in [2.45, 2.75) is 203 Å². The monoisotopic (exact) mass is 1060 g/mol. The molecule has 2 aromatic heterocycles. The maximum atomic E-state index is 14.9. The number of aliphatic hydroxyl groups excluding tert-OH is 3. The number of carbonyl (C=O) groups is 1. The molecule has 0 unspecified atom stereocenters. The van der Waals surface area contributed by atoms with Crippen LogP contribution in [0.3, 0.4) is 0 Å². The number of likely N-dealkylation sites (N-methyl/N-ethyl adjacent to an activating group) is 2. The molecule has 3 aromatic rings. The summed E-state index contributed by atoms with van der Waals surface area (Å²) in [7, 11) is 8.60. The Bertz CT molecular complexity index is 2250. The number of ether oxygens (including phenoxy) is 7. The van der Waals surface area contributed by atoms with Gasteiger partial charge in [-0.3, -0.25) is 9.48 Å². The number of carbonyl (C=O) groups excluding carboxylic acids is 1. The largest absolute Gasteiger partial charge is 0.459 e. The highest BCUT2D eigenvalue weighted by Crippen LogP contribution is 2.39. The molecule has 0 spiro atoms. The SMILES string of the molecule is CC[C@H]1OC(=O)[C@H](C)[C@@H](O[C@H]2C[C@@](C)(OC)[C@@H](O)[C@H](C)O2)C[C@@H](O[C@@H]2O[C@H](C)C[C@H](N(C)CCc3cn([C@H](CF)[C@H](OC)c4ccc(-c5cnn(C)c5)cc4)nn3)[C@H]2O)[C@](C)(O)C[C@@H](C)CN(C)[C@H](C)[C@@H](O)[C@]1(C)O. The number of methoxy groups -OCH3 is 2. The van der Waals surface area contributed by atoms with Crippen LogP contribution in [0, 0.1) is 11.8 Å². The van der Waals surface area contributed by atoms with Gasteiger partial charge >= 0.3 is 5.97 Å². The third kappa shape index (κ3) is 14.2. The van der Waals surface area contributed by atoms with Gasteiger partial charge in [-0.25, -0.2) is 9.07 Å². The first-order chi connectivity index (χ1) is 35.3. The summed E-state index contributed by atoms with van der Waals surface area (Å²) in [5.41, 5.74) is -1.22. The smallest absolute Gasteiger partial charge is 0.311 e. The summed E-state index contributed by atoms with van der Waals surface area (Å²) in [4.78, 5) is 18.3. The van der Waals surface area contributed by atoms with Gasteiger partial charge in [0.05, 0.1) is 53.4 Å². The second kappa shape index (κ2) is 25.5. The van der Waals surface area contributed by atoms with E-state index in [0.29, 0.717) is 31.6 Å². The fourth-order valence-electron chi connectivity index (χ4n) is 11.4. The van der Waals surface area contributed by atoms with Crippen LogP contribution in [-0.4, -0.2) is 204 Å². The zero-order valence-corrected chi connectivity index (χ0v) is 46.7. The van der Waals surface area contributed by atoms with Gasteiger partial charge in [-0.2, -0.15) is 5.10 Å². The Labute approximate surface area is 442 Å². The number of nitrogens with zero attached hydrogens (tertiary/aromatic N) is 7. The standard InChI is InChI=1S/C54H88FN7O13/c1-15-43-54(9,68)48(64)34(5)60(11)28-31(2)24-52(7,67)44(23-42(33(4)50(66)74-43)73-45-25-53(8,70-14)49(65)35(6)72-45)75-51-46(63)40(22-32(3)71-51)59(10)21-20-39-30-62(58-57-39)41(26-55)47(69-13)37-18-16-36(17-19-37)38-27-56-61(12)29-38/h16-19,27,29-35,40-49,51,63-65,67-68H,15,20-26,28H2,1-14H3/t31-,32-,33-,34-,35+,40+,41-,42+,43-,44-,45+,46-,47-,48-,49+,51+,52-,53-,54-/m1/s1. The quantitative estimate of drug-likeness (QED) is 0.127. The number of aromatic nitrogens is 5. The van der Waals surface area contributed by atoms with Crippen LogP contribution in [-0.2, 0) is 51.4 Å². The number of alkyl halides is 1. The van der Waals surface area contributed by atoms with Gasteiger partial charge in [-0.15, -0.1) is 5.10 Å². The molecule has 3 saturated heterocycles. The lowest BCUT2D eigenvalue weighted by atomic mass is 9.83. The Morgan fingerprint density at radius 2 is 1.63 bits per heavy atom. The zero-order valence-electron chi connectivity index (χ0n) is 46.7. The molecule has 3 fully saturated rings. The minimum atomic E-state index is -1.84. The lowest BCUT2D eigenvalue weighted by molar-refractivity contribution is -0.308. The molecule has 5 heterocycles. The molecule has 21 heteroatoms. The van der Waals surface area contributed by atoms with Crippen LogP contribution in [0.5, 0.6) is 0 Å². The molecule has 0 amide bonds. The van der Waals surface area contributed by atoms with Crippen LogP contribution in [0.1, 0.15) is 118 Å². The highest BCUT2D eigenvalue weighted by atomic mass is 19.1. The van der Waals surface area contributed by atoms with E-state index >= 15 is 0 Å². The van der Waals surface area contributed by atoms with Crippen LogP contribution in [0.15, 0.2) is 42.9 Å². The van der Waals surface area contributed by atoms with Gasteiger partial charge in [0.1, 0.15) is 48.8 Å². The normalized spacial score (nSPS) is 37.9. The Morgan fingerprint density at radius 1 is 0.933 bits per heavy atom. The molecule has 0 radical (unpaired) electrons. The Balaban J connectivity index is 1.23. The van der Waals surface area contributed by atoms with E-state index in [2.05, 4.69) is 15.4 Å². The summed E-state index contributed by atoms with van der Waals surface area (Å²) in [6.07, 6.45) is -4.22. The summed E-state index contributed by atoms with van der Waals surface area (Å²) in [5.74, 6) is -1.99. The fraction of sp³-hybridized carbons (Fsp3) is 0.778. The molecule has 0 saturated carbocycles. The van der Waals surface area contributed by atoms with Gasteiger partial charge in [-0.05, 0) is 98.9 Å². The minimum Gasteiger partial charge on any atom is -0.459 e. The van der Waals surface area contributed by atoms with Crippen LogP contribution in [0.25, 0.3) is 11.1 Å². The molecule has 1 aromatic carbocycles. The highest BCUT2D eigenvalue weighted by Gasteiger charge is 2.51. The van der Waals surface area contributed by atoms with Gasteiger partial charge < -0.3 is 68.5 Å². The molecule has 424 valence electrons. The molecular formula is C54H88FN7O13. The highest BCUT2D eigenvalue weighted by molar-refractivity contribution is 5.73. The number of hydrogen-bond donors (Lipinski definition) is 5. The van der Waals surface area contributed by atoms with E-state index in [4.69, 9.17) is 33.2 Å². The van der Waals surface area contributed by atoms with Crippen LogP contribution in [0.4, 0.5) is 4.39 Å². The van der Waals surface area contributed by atoms with Crippen molar-refractivity contribution < 1.29 is 67.9 Å². The third-order valence-electron chi connectivity index (χ3n) is 16.4. The van der Waals surface area contributed by atoms with Gasteiger partial charge in [0.15, 0.2) is 12.6 Å². The van der Waals surface area contributed by atoms with E-state index in [1.54, 1.807) is 65.7 Å². The molecule has 5 N–H and O–H groups in total. The van der Waals surface area contributed by atoms with Crippen molar-refractivity contribution in [1.29, 1.82) is 0 Å². The van der Waals surface area contributed by atoms with Crippen molar-refractivity contribution >= 4 is 5.97 Å². The van der Waals surface area contributed by atoms with Gasteiger partial charge in [-0.1, -0.05) is 43.3 Å². The van der Waals surface area contributed by atoms with Crippen LogP contribution < -0.4 is 0 Å². The molecule has 20 nitrogen and oxygen atoms in total. The number of benzene rings is 1. The first kappa shape index (κ1) is 60.7. The third-order valence-corrected chi connectivity index (χ3v) is 16.4. The number of esters is 1. The van der Waals surface area contributed by atoms with Crippen molar-refractivity contribution in [2.24, 2.45) is 18.9 Å². The summed E-state index contributed by atoms with van der Waals surface area (Å²) < 4.78 is 61.9. The molecular weight excluding hydrogens is 974 g/mol.